The quantitative estimate of drug-likeness (QED) is 0.552. The number of benzene rings is 1. The summed E-state index contributed by atoms with van der Waals surface area (Å²) in [5.41, 5.74) is 6.29. The molecule has 0 aromatic heterocycles. The van der Waals surface area contributed by atoms with E-state index >= 15 is 0 Å². The molecule has 1 aromatic rings. The molecule has 1 aliphatic rings. The number of halogens is 1. The fourth-order valence-electron chi connectivity index (χ4n) is 2.42. The Kier molecular flexibility index (Phi) is 7.71. The van der Waals surface area contributed by atoms with Gasteiger partial charge in [-0.3, -0.25) is 19.3 Å². The zero-order chi connectivity index (χ0) is 15.9. The average molecular weight is 340 g/mol. The van der Waals surface area contributed by atoms with Crippen molar-refractivity contribution in [1.82, 2.24) is 10.2 Å². The molecule has 3 amide bonds. The van der Waals surface area contributed by atoms with E-state index in [2.05, 4.69) is 5.32 Å². The minimum Gasteiger partial charge on any atom is -0.356 e. The van der Waals surface area contributed by atoms with Crippen molar-refractivity contribution in [2.24, 2.45) is 5.73 Å². The molecule has 1 aliphatic heterocycles. The number of nitrogens with two attached hydrogens (primary N) is 1. The molecular weight excluding hydrogens is 318 g/mol. The number of amides is 3. The molecule has 0 bridgehead atoms. The third-order valence-corrected chi connectivity index (χ3v) is 3.62. The van der Waals surface area contributed by atoms with Gasteiger partial charge >= 0.3 is 0 Å². The first-order chi connectivity index (χ1) is 10.6. The highest BCUT2D eigenvalue weighted by molar-refractivity contribution is 6.21. The summed E-state index contributed by atoms with van der Waals surface area (Å²) in [6.07, 6.45) is 2.51. The van der Waals surface area contributed by atoms with Crippen LogP contribution >= 0.6 is 12.4 Å². The number of hydrogen-bond acceptors (Lipinski definition) is 4. The van der Waals surface area contributed by atoms with E-state index in [9.17, 15) is 14.4 Å². The molecule has 6 nitrogen and oxygen atoms in total. The first kappa shape index (κ1) is 19.1. The largest absolute Gasteiger partial charge is 0.356 e. The van der Waals surface area contributed by atoms with Crippen molar-refractivity contribution in [2.45, 2.75) is 25.7 Å². The number of carbonyl (C=O) groups is 3. The van der Waals surface area contributed by atoms with Crippen molar-refractivity contribution in [2.75, 3.05) is 19.6 Å². The zero-order valence-electron chi connectivity index (χ0n) is 12.9. The van der Waals surface area contributed by atoms with Crippen LogP contribution in [0.15, 0.2) is 24.3 Å². The monoisotopic (exact) mass is 339 g/mol. The fourth-order valence-corrected chi connectivity index (χ4v) is 2.42. The van der Waals surface area contributed by atoms with Crippen LogP contribution < -0.4 is 11.1 Å². The van der Waals surface area contributed by atoms with Gasteiger partial charge in [-0.15, -0.1) is 12.4 Å². The molecule has 126 valence electrons. The molecule has 0 unspecified atom stereocenters. The van der Waals surface area contributed by atoms with Gasteiger partial charge in [-0.05, 0) is 37.9 Å². The molecule has 3 N–H and O–H groups in total. The first-order valence-electron chi connectivity index (χ1n) is 7.57. The Labute approximate surface area is 141 Å². The number of rotatable bonds is 8. The smallest absolute Gasteiger partial charge is 0.261 e. The molecule has 1 aromatic carbocycles. The number of hydrogen-bond donors (Lipinski definition) is 2. The number of nitrogens with one attached hydrogen (secondary N) is 1. The Hall–Kier alpha value is -1.92. The summed E-state index contributed by atoms with van der Waals surface area (Å²) in [4.78, 5) is 36.9. The molecule has 7 heteroatoms. The van der Waals surface area contributed by atoms with Crippen LogP contribution in [-0.2, 0) is 4.79 Å². The van der Waals surface area contributed by atoms with Gasteiger partial charge in [0, 0.05) is 19.5 Å². The molecular formula is C16H22ClN3O3. The van der Waals surface area contributed by atoms with Crippen molar-refractivity contribution in [3.8, 4) is 0 Å². The molecule has 0 spiro atoms. The van der Waals surface area contributed by atoms with Crippen molar-refractivity contribution < 1.29 is 14.4 Å². The SMILES string of the molecule is Cl.NCCCC(=O)NCCCCN1C(=O)c2ccccc2C1=O. The third kappa shape index (κ3) is 4.77. The number of carbonyl (C=O) groups excluding carboxylic acids is 3. The lowest BCUT2D eigenvalue weighted by Gasteiger charge is -2.13. The van der Waals surface area contributed by atoms with Crippen LogP contribution in [-0.4, -0.2) is 42.3 Å². The minimum absolute atomic E-state index is 0. The Bertz CT molecular complexity index is 542. The molecule has 23 heavy (non-hydrogen) atoms. The van der Waals surface area contributed by atoms with Crippen molar-refractivity contribution in [1.29, 1.82) is 0 Å². The maximum Gasteiger partial charge on any atom is 0.261 e. The van der Waals surface area contributed by atoms with Crippen molar-refractivity contribution in [3.05, 3.63) is 35.4 Å². The minimum atomic E-state index is -0.229. The first-order valence-corrected chi connectivity index (χ1v) is 7.57. The second kappa shape index (κ2) is 9.27. The summed E-state index contributed by atoms with van der Waals surface area (Å²) in [5.74, 6) is -0.466. The van der Waals surface area contributed by atoms with Crippen LogP contribution in [0.4, 0.5) is 0 Å². The number of fused-ring (bicyclic) bond motifs is 1. The van der Waals surface area contributed by atoms with E-state index in [1.54, 1.807) is 24.3 Å². The lowest BCUT2D eigenvalue weighted by molar-refractivity contribution is -0.121. The van der Waals surface area contributed by atoms with E-state index in [4.69, 9.17) is 5.73 Å². The zero-order valence-corrected chi connectivity index (χ0v) is 13.7. The van der Waals surface area contributed by atoms with E-state index in [0.717, 1.165) is 6.42 Å². The number of nitrogens with zero attached hydrogens (tertiary/aromatic N) is 1. The predicted octanol–water partition coefficient (Wildman–Crippen LogP) is 1.34. The van der Waals surface area contributed by atoms with Gasteiger partial charge < -0.3 is 11.1 Å². The van der Waals surface area contributed by atoms with Crippen LogP contribution in [0.3, 0.4) is 0 Å². The maximum atomic E-state index is 12.1. The van der Waals surface area contributed by atoms with E-state index in [-0.39, 0.29) is 30.1 Å². The molecule has 0 aliphatic carbocycles. The Balaban J connectivity index is 0.00000264. The Morgan fingerprint density at radius 1 is 1.04 bits per heavy atom. The van der Waals surface area contributed by atoms with Crippen molar-refractivity contribution in [3.63, 3.8) is 0 Å². The molecule has 0 saturated carbocycles. The van der Waals surface area contributed by atoms with Gasteiger partial charge in [-0.25, -0.2) is 0 Å². The van der Waals surface area contributed by atoms with Crippen LogP contribution in [0.5, 0.6) is 0 Å². The van der Waals surface area contributed by atoms with Crippen LogP contribution in [0.1, 0.15) is 46.4 Å². The van der Waals surface area contributed by atoms with E-state index in [0.29, 0.717) is 50.0 Å². The van der Waals surface area contributed by atoms with E-state index < -0.39 is 0 Å². The molecule has 1 heterocycles. The number of unbranched alkanes of at least 4 members (excludes halogenated alkanes) is 1. The summed E-state index contributed by atoms with van der Waals surface area (Å²) in [6.45, 7) is 1.44. The second-order valence-corrected chi connectivity index (χ2v) is 5.26. The van der Waals surface area contributed by atoms with E-state index in [1.807, 2.05) is 0 Å². The number of imide groups is 1. The van der Waals surface area contributed by atoms with E-state index in [1.165, 1.54) is 4.90 Å². The third-order valence-electron chi connectivity index (χ3n) is 3.62. The highest BCUT2D eigenvalue weighted by Crippen LogP contribution is 2.22. The summed E-state index contributed by atoms with van der Waals surface area (Å²) in [5, 5.41) is 2.80. The summed E-state index contributed by atoms with van der Waals surface area (Å²) < 4.78 is 0. The Morgan fingerprint density at radius 3 is 2.22 bits per heavy atom. The highest BCUT2D eigenvalue weighted by Gasteiger charge is 2.34. The van der Waals surface area contributed by atoms with Gasteiger partial charge in [-0.1, -0.05) is 12.1 Å². The molecule has 2 rings (SSSR count). The van der Waals surface area contributed by atoms with Gasteiger partial charge in [0.2, 0.25) is 5.91 Å². The maximum absolute atomic E-state index is 12.1. The second-order valence-electron chi connectivity index (χ2n) is 5.26. The van der Waals surface area contributed by atoms with Gasteiger partial charge in [0.1, 0.15) is 0 Å². The van der Waals surface area contributed by atoms with Crippen molar-refractivity contribution >= 4 is 30.1 Å². The van der Waals surface area contributed by atoms with Crippen LogP contribution in [0, 0.1) is 0 Å². The topological polar surface area (TPSA) is 92.5 Å². The summed E-state index contributed by atoms with van der Waals surface area (Å²) >= 11 is 0. The highest BCUT2D eigenvalue weighted by atomic mass is 35.5. The summed E-state index contributed by atoms with van der Waals surface area (Å²) in [7, 11) is 0. The van der Waals surface area contributed by atoms with Gasteiger partial charge in [0.15, 0.2) is 0 Å². The average Bonchev–Trinajstić information content (AvgIpc) is 2.77. The molecule has 0 fully saturated rings. The lowest BCUT2D eigenvalue weighted by atomic mass is 10.1. The van der Waals surface area contributed by atoms with Crippen LogP contribution in [0.25, 0.3) is 0 Å². The van der Waals surface area contributed by atoms with Gasteiger partial charge in [0.05, 0.1) is 11.1 Å². The molecule has 0 atom stereocenters. The van der Waals surface area contributed by atoms with Crippen LogP contribution in [0.2, 0.25) is 0 Å². The lowest BCUT2D eigenvalue weighted by Crippen LogP contribution is -2.31. The van der Waals surface area contributed by atoms with Gasteiger partial charge in [0.25, 0.3) is 11.8 Å². The predicted molar refractivity (Wildman–Crippen MR) is 89.6 cm³/mol. The fraction of sp³-hybridized carbons (Fsp3) is 0.438. The normalized spacial score (nSPS) is 12.8. The molecule has 0 saturated heterocycles. The summed E-state index contributed by atoms with van der Waals surface area (Å²) in [6, 6.07) is 6.86. The Morgan fingerprint density at radius 2 is 1.65 bits per heavy atom. The molecule has 0 radical (unpaired) electrons. The standard InChI is InChI=1S/C16H21N3O3.ClH/c17-9-5-8-14(20)18-10-3-4-11-19-15(21)12-6-1-2-7-13(12)16(19)22;/h1-2,6-7H,3-5,8-11,17H2,(H,18,20);1H. The van der Waals surface area contributed by atoms with Gasteiger partial charge in [-0.2, -0.15) is 0 Å².